The molecule has 0 saturated heterocycles. The summed E-state index contributed by atoms with van der Waals surface area (Å²) in [4.78, 5) is 35.9. The highest BCUT2D eigenvalue weighted by Gasteiger charge is 2.20. The zero-order chi connectivity index (χ0) is 20.4. The maximum absolute atomic E-state index is 12.4. The van der Waals surface area contributed by atoms with Gasteiger partial charge in [0.2, 0.25) is 6.79 Å². The Bertz CT molecular complexity index is 1140. The van der Waals surface area contributed by atoms with E-state index in [-0.39, 0.29) is 19.2 Å². The first-order chi connectivity index (χ1) is 14.1. The third-order valence-corrected chi connectivity index (χ3v) is 4.57. The monoisotopic (exact) mass is 391 g/mol. The molecule has 1 amide bonds. The van der Waals surface area contributed by atoms with E-state index in [1.807, 2.05) is 30.3 Å². The highest BCUT2D eigenvalue weighted by molar-refractivity contribution is 6.05. The molecule has 7 nitrogen and oxygen atoms in total. The second-order valence-corrected chi connectivity index (χ2v) is 6.46. The van der Waals surface area contributed by atoms with Crippen molar-refractivity contribution in [2.24, 2.45) is 0 Å². The van der Waals surface area contributed by atoms with Crippen molar-refractivity contribution in [1.82, 2.24) is 0 Å². The molecule has 1 N–H and O–H groups in total. The number of hydrogen-bond acceptors (Lipinski definition) is 6. The summed E-state index contributed by atoms with van der Waals surface area (Å²) in [6.45, 7) is 1.13. The molecule has 3 aromatic rings. The molecule has 0 spiro atoms. The molecule has 1 aliphatic heterocycles. The second-order valence-electron chi connectivity index (χ2n) is 6.46. The van der Waals surface area contributed by atoms with E-state index < -0.39 is 5.91 Å². The lowest BCUT2D eigenvalue weighted by atomic mass is 10.0. The number of rotatable bonds is 6. The summed E-state index contributed by atoms with van der Waals surface area (Å²) >= 11 is 0. The highest BCUT2D eigenvalue weighted by atomic mass is 16.7. The third-order valence-electron chi connectivity index (χ3n) is 4.57. The van der Waals surface area contributed by atoms with Gasteiger partial charge in [0.25, 0.3) is 5.91 Å². The van der Waals surface area contributed by atoms with Crippen molar-refractivity contribution in [2.45, 2.75) is 6.92 Å². The van der Waals surface area contributed by atoms with E-state index in [0.29, 0.717) is 40.3 Å². The molecule has 0 radical (unpaired) electrons. The number of aldehydes is 1. The van der Waals surface area contributed by atoms with Gasteiger partial charge in [0.05, 0.1) is 11.3 Å². The predicted octanol–water partition coefficient (Wildman–Crippen LogP) is 3.60. The number of ether oxygens (including phenoxy) is 3. The van der Waals surface area contributed by atoms with Gasteiger partial charge in [-0.1, -0.05) is 30.3 Å². The van der Waals surface area contributed by atoms with E-state index in [0.717, 1.165) is 10.8 Å². The molecule has 7 heteroatoms. The topological polar surface area (TPSA) is 90.9 Å². The number of anilines is 1. The van der Waals surface area contributed by atoms with Gasteiger partial charge in [-0.3, -0.25) is 14.4 Å². The number of hydrogen-bond donors (Lipinski definition) is 1. The molecule has 1 aliphatic rings. The number of fused-ring (bicyclic) bond motifs is 2. The van der Waals surface area contributed by atoms with Crippen molar-refractivity contribution in [3.05, 3.63) is 59.7 Å². The Kier molecular flexibility index (Phi) is 4.87. The largest absolute Gasteiger partial charge is 0.483 e. The number of benzene rings is 3. The number of amides is 1. The minimum atomic E-state index is -0.476. The molecule has 3 aromatic carbocycles. The predicted molar refractivity (Wildman–Crippen MR) is 106 cm³/mol. The molecule has 1 heterocycles. The molecule has 0 fully saturated rings. The molecule has 0 saturated carbocycles. The van der Waals surface area contributed by atoms with Crippen LogP contribution in [0.5, 0.6) is 17.2 Å². The zero-order valence-electron chi connectivity index (χ0n) is 15.6. The van der Waals surface area contributed by atoms with Crippen molar-refractivity contribution in [2.75, 3.05) is 18.7 Å². The molecule has 146 valence electrons. The fourth-order valence-electron chi connectivity index (χ4n) is 3.19. The van der Waals surface area contributed by atoms with Gasteiger partial charge in [0.15, 0.2) is 30.2 Å². The number of carbonyl (C=O) groups is 3. The van der Waals surface area contributed by atoms with Gasteiger partial charge < -0.3 is 19.5 Å². The molecule has 29 heavy (non-hydrogen) atoms. The lowest BCUT2D eigenvalue weighted by Gasteiger charge is -2.13. The number of ketones is 1. The van der Waals surface area contributed by atoms with Crippen LogP contribution < -0.4 is 19.5 Å². The van der Waals surface area contributed by atoms with Gasteiger partial charge >= 0.3 is 0 Å². The Labute approximate surface area is 166 Å². The van der Waals surface area contributed by atoms with E-state index >= 15 is 0 Å². The molecule has 0 atom stereocenters. The summed E-state index contributed by atoms with van der Waals surface area (Å²) < 4.78 is 16.2. The first-order valence-electron chi connectivity index (χ1n) is 8.91. The van der Waals surface area contributed by atoms with E-state index in [9.17, 15) is 14.4 Å². The average molecular weight is 391 g/mol. The summed E-state index contributed by atoms with van der Waals surface area (Å²) in [5, 5.41) is 4.30. The maximum Gasteiger partial charge on any atom is 0.262 e. The lowest BCUT2D eigenvalue weighted by Crippen LogP contribution is -2.21. The Hall–Kier alpha value is -3.87. The normalized spacial score (nSPS) is 11.9. The molecular formula is C22H17NO6. The fraction of sp³-hybridized carbons (Fsp3) is 0.136. The van der Waals surface area contributed by atoms with Crippen molar-refractivity contribution < 1.29 is 28.6 Å². The molecule has 0 aliphatic carbocycles. The first-order valence-corrected chi connectivity index (χ1v) is 8.91. The van der Waals surface area contributed by atoms with E-state index in [1.54, 1.807) is 12.1 Å². The summed E-state index contributed by atoms with van der Waals surface area (Å²) in [6, 6.07) is 14.0. The Morgan fingerprint density at radius 3 is 2.62 bits per heavy atom. The van der Waals surface area contributed by atoms with Crippen molar-refractivity contribution in [3.63, 3.8) is 0 Å². The lowest BCUT2D eigenvalue weighted by molar-refractivity contribution is -0.118. The number of nitrogens with one attached hydrogen (secondary N) is 1. The van der Waals surface area contributed by atoms with Gasteiger partial charge in [0.1, 0.15) is 5.75 Å². The molecular weight excluding hydrogens is 374 g/mol. The van der Waals surface area contributed by atoms with Crippen LogP contribution in [0.1, 0.15) is 27.6 Å². The van der Waals surface area contributed by atoms with Gasteiger partial charge in [0, 0.05) is 11.6 Å². The van der Waals surface area contributed by atoms with Crippen LogP contribution in [-0.2, 0) is 4.79 Å². The summed E-state index contributed by atoms with van der Waals surface area (Å²) in [6.07, 6.45) is 0.710. The van der Waals surface area contributed by atoms with Crippen LogP contribution in [0.4, 0.5) is 5.69 Å². The fourth-order valence-corrected chi connectivity index (χ4v) is 3.19. The average Bonchev–Trinajstić information content (AvgIpc) is 3.18. The van der Waals surface area contributed by atoms with E-state index in [4.69, 9.17) is 14.2 Å². The highest BCUT2D eigenvalue weighted by Crippen LogP contribution is 2.37. The summed E-state index contributed by atoms with van der Waals surface area (Å²) in [7, 11) is 0. The van der Waals surface area contributed by atoms with E-state index in [1.165, 1.54) is 13.0 Å². The Balaban J connectivity index is 1.52. The SMILES string of the molecule is CC(=O)c1cc2c(cc1NC(=O)COc1ccc3ccccc3c1C=O)OCO2. The van der Waals surface area contributed by atoms with Gasteiger partial charge in [-0.2, -0.15) is 0 Å². The van der Waals surface area contributed by atoms with Crippen LogP contribution in [0, 0.1) is 0 Å². The Morgan fingerprint density at radius 2 is 1.86 bits per heavy atom. The molecule has 0 aromatic heterocycles. The minimum absolute atomic E-state index is 0.0592. The first kappa shape index (κ1) is 18.5. The molecule has 0 unspecified atom stereocenters. The number of Topliss-reactive ketones (excluding diaryl/α,β-unsaturated/α-hetero) is 1. The summed E-state index contributed by atoms with van der Waals surface area (Å²) in [5.74, 6) is 0.514. The van der Waals surface area contributed by atoms with Gasteiger partial charge in [-0.25, -0.2) is 0 Å². The van der Waals surface area contributed by atoms with Crippen LogP contribution >= 0.6 is 0 Å². The second kappa shape index (κ2) is 7.63. The van der Waals surface area contributed by atoms with Crippen LogP contribution in [0.2, 0.25) is 0 Å². The van der Waals surface area contributed by atoms with Crippen LogP contribution in [0.25, 0.3) is 10.8 Å². The standard InChI is InChI=1S/C22H17NO6/c1-13(25)16-8-20-21(29-12-28-20)9-18(16)23-22(26)11-27-19-7-6-14-4-2-3-5-15(14)17(19)10-24/h2-10H,11-12H2,1H3,(H,23,26). The summed E-state index contributed by atoms with van der Waals surface area (Å²) in [5.41, 5.74) is 0.995. The van der Waals surface area contributed by atoms with Gasteiger partial charge in [-0.05, 0) is 29.8 Å². The Morgan fingerprint density at radius 1 is 1.10 bits per heavy atom. The maximum atomic E-state index is 12.4. The molecule has 0 bridgehead atoms. The van der Waals surface area contributed by atoms with Crippen LogP contribution in [0.15, 0.2) is 48.5 Å². The van der Waals surface area contributed by atoms with Crippen LogP contribution in [-0.4, -0.2) is 31.4 Å². The minimum Gasteiger partial charge on any atom is -0.483 e. The quantitative estimate of drug-likeness (QED) is 0.510. The zero-order valence-corrected chi connectivity index (χ0v) is 15.6. The van der Waals surface area contributed by atoms with Gasteiger partial charge in [-0.15, -0.1) is 0 Å². The van der Waals surface area contributed by atoms with E-state index in [2.05, 4.69) is 5.32 Å². The number of carbonyl (C=O) groups excluding carboxylic acids is 3. The molecule has 4 rings (SSSR count). The van der Waals surface area contributed by atoms with Crippen LogP contribution in [0.3, 0.4) is 0 Å². The smallest absolute Gasteiger partial charge is 0.262 e. The van der Waals surface area contributed by atoms with Crippen molar-refractivity contribution in [1.29, 1.82) is 0 Å². The van der Waals surface area contributed by atoms with Crippen molar-refractivity contribution in [3.8, 4) is 17.2 Å². The third kappa shape index (κ3) is 3.62. The van der Waals surface area contributed by atoms with Crippen molar-refractivity contribution >= 4 is 34.4 Å².